The third kappa shape index (κ3) is 6.04. The molecule has 7 nitrogen and oxygen atoms in total. The summed E-state index contributed by atoms with van der Waals surface area (Å²) in [6.45, 7) is 6.43. The van der Waals surface area contributed by atoms with Gasteiger partial charge >= 0.3 is 0 Å². The number of nitrogens with zero attached hydrogens (tertiary/aromatic N) is 4. The minimum atomic E-state index is -0.776. The van der Waals surface area contributed by atoms with Crippen molar-refractivity contribution < 1.29 is 14.6 Å². The molecule has 0 saturated heterocycles. The lowest BCUT2D eigenvalue weighted by molar-refractivity contribution is 0.0895. The van der Waals surface area contributed by atoms with Gasteiger partial charge in [0.05, 0.1) is 19.3 Å². The van der Waals surface area contributed by atoms with E-state index in [1.165, 1.54) is 0 Å². The number of allylic oxidation sites excluding steroid dienone is 2. The first-order valence-electron chi connectivity index (χ1n) is 11.8. The molecule has 0 bridgehead atoms. The van der Waals surface area contributed by atoms with Gasteiger partial charge in [-0.3, -0.25) is 0 Å². The fraction of sp³-hybridized carbons (Fsp3) is 0.345. The van der Waals surface area contributed by atoms with Gasteiger partial charge in [-0.15, -0.1) is 11.3 Å². The van der Waals surface area contributed by atoms with E-state index in [-0.39, 0.29) is 29.4 Å². The van der Waals surface area contributed by atoms with E-state index in [0.717, 1.165) is 32.3 Å². The van der Waals surface area contributed by atoms with Crippen LogP contribution in [0.4, 0.5) is 5.69 Å². The summed E-state index contributed by atoms with van der Waals surface area (Å²) in [7, 11) is 3.56. The highest BCUT2D eigenvalue weighted by atomic mass is 32.1. The zero-order valence-electron chi connectivity index (χ0n) is 21.7. The molecule has 0 spiro atoms. The molecule has 1 atom stereocenters. The fourth-order valence-corrected chi connectivity index (χ4v) is 5.20. The van der Waals surface area contributed by atoms with E-state index in [2.05, 4.69) is 25.1 Å². The molecular weight excluding hydrogens is 484 g/mol. The van der Waals surface area contributed by atoms with Gasteiger partial charge in [-0.05, 0) is 68.2 Å². The van der Waals surface area contributed by atoms with Crippen molar-refractivity contribution >= 4 is 29.2 Å². The summed E-state index contributed by atoms with van der Waals surface area (Å²) in [5.41, 5.74) is 2.04. The van der Waals surface area contributed by atoms with Gasteiger partial charge in [0.1, 0.15) is 29.6 Å². The van der Waals surface area contributed by atoms with Gasteiger partial charge in [0.2, 0.25) is 0 Å². The number of nitriles is 3. The Labute approximate surface area is 222 Å². The molecule has 0 radical (unpaired) electrons. The quantitative estimate of drug-likeness (QED) is 0.422. The molecular formula is C29H30N4O3S. The van der Waals surface area contributed by atoms with Crippen LogP contribution < -0.4 is 9.64 Å². The Morgan fingerprint density at radius 3 is 2.54 bits per heavy atom. The number of anilines is 1. The van der Waals surface area contributed by atoms with Gasteiger partial charge in [0.25, 0.3) is 0 Å². The second-order valence-corrected chi connectivity index (χ2v) is 10.4. The van der Waals surface area contributed by atoms with Gasteiger partial charge < -0.3 is 19.5 Å². The smallest absolute Gasteiger partial charge is 0.172 e. The lowest BCUT2D eigenvalue weighted by atomic mass is 9.87. The lowest BCUT2D eigenvalue weighted by Gasteiger charge is -2.24. The van der Waals surface area contributed by atoms with Crippen molar-refractivity contribution in [2.75, 3.05) is 32.2 Å². The van der Waals surface area contributed by atoms with Gasteiger partial charge in [0.15, 0.2) is 11.3 Å². The van der Waals surface area contributed by atoms with E-state index < -0.39 is 5.60 Å². The molecule has 1 aliphatic heterocycles. The number of benzene rings is 1. The number of rotatable bonds is 9. The van der Waals surface area contributed by atoms with Gasteiger partial charge in [-0.25, -0.2) is 0 Å². The Bertz CT molecular complexity index is 1360. The average molecular weight is 515 g/mol. The minimum absolute atomic E-state index is 0.0806. The Balaban J connectivity index is 1.82. The van der Waals surface area contributed by atoms with Crippen LogP contribution in [0.2, 0.25) is 0 Å². The summed E-state index contributed by atoms with van der Waals surface area (Å²) >= 11 is 1.67. The van der Waals surface area contributed by atoms with Crippen LogP contribution in [0.1, 0.15) is 48.4 Å². The molecule has 190 valence electrons. The molecule has 2 aromatic rings. The van der Waals surface area contributed by atoms with E-state index in [4.69, 9.17) is 9.47 Å². The molecule has 0 fully saturated rings. The summed E-state index contributed by atoms with van der Waals surface area (Å²) in [6.07, 6.45) is 4.64. The van der Waals surface area contributed by atoms with Crippen LogP contribution in [-0.4, -0.2) is 38.0 Å². The summed E-state index contributed by atoms with van der Waals surface area (Å²) in [6, 6.07) is 15.9. The van der Waals surface area contributed by atoms with Gasteiger partial charge in [-0.1, -0.05) is 6.92 Å². The van der Waals surface area contributed by atoms with Crippen LogP contribution in [0.5, 0.6) is 5.75 Å². The highest BCUT2D eigenvalue weighted by Crippen LogP contribution is 2.44. The van der Waals surface area contributed by atoms with Crippen molar-refractivity contribution in [1.82, 2.24) is 0 Å². The topological polar surface area (TPSA) is 113 Å². The van der Waals surface area contributed by atoms with Crippen molar-refractivity contribution in [3.05, 3.63) is 68.1 Å². The normalized spacial score (nSPS) is 15.1. The molecule has 37 heavy (non-hydrogen) atoms. The Morgan fingerprint density at radius 1 is 1.19 bits per heavy atom. The average Bonchev–Trinajstić information content (AvgIpc) is 3.45. The first-order valence-corrected chi connectivity index (χ1v) is 12.7. The van der Waals surface area contributed by atoms with Crippen molar-refractivity contribution in [3.63, 3.8) is 0 Å². The Hall–Kier alpha value is -4.03. The SMILES string of the molecule is COc1cc(N(C)CCO)ccc1/C=C/c1ccc(C(C)CC2=C(C#N)C(=C(C#N)C#N)OC2(C)C)s1. The molecule has 1 aromatic carbocycles. The Morgan fingerprint density at radius 2 is 1.92 bits per heavy atom. The maximum atomic E-state index is 9.79. The van der Waals surface area contributed by atoms with E-state index in [9.17, 15) is 20.9 Å². The van der Waals surface area contributed by atoms with Crippen LogP contribution in [-0.2, 0) is 4.74 Å². The number of aliphatic hydroxyl groups excluding tert-OH is 1. The second-order valence-electron chi connectivity index (χ2n) is 9.26. The second kappa shape index (κ2) is 11.8. The molecule has 3 rings (SSSR count). The summed E-state index contributed by atoms with van der Waals surface area (Å²) in [4.78, 5) is 4.21. The highest BCUT2D eigenvalue weighted by Gasteiger charge is 2.40. The van der Waals surface area contributed by atoms with Crippen molar-refractivity contribution in [2.45, 2.75) is 38.7 Å². The van der Waals surface area contributed by atoms with Crippen LogP contribution in [0.25, 0.3) is 12.2 Å². The molecule has 0 amide bonds. The predicted molar refractivity (Wildman–Crippen MR) is 146 cm³/mol. The molecule has 8 heteroatoms. The maximum absolute atomic E-state index is 9.79. The third-order valence-corrected chi connectivity index (χ3v) is 7.62. The van der Waals surface area contributed by atoms with E-state index in [1.54, 1.807) is 18.4 Å². The van der Waals surface area contributed by atoms with Crippen LogP contribution in [0.3, 0.4) is 0 Å². The monoisotopic (exact) mass is 514 g/mol. The largest absolute Gasteiger partial charge is 0.496 e. The first kappa shape index (κ1) is 27.6. The highest BCUT2D eigenvalue weighted by molar-refractivity contribution is 7.13. The number of hydrogen-bond acceptors (Lipinski definition) is 8. The number of ether oxygens (including phenoxy) is 2. The van der Waals surface area contributed by atoms with Crippen molar-refractivity contribution in [2.24, 2.45) is 0 Å². The van der Waals surface area contributed by atoms with Gasteiger partial charge in [0, 0.05) is 40.7 Å². The molecule has 2 heterocycles. The molecule has 1 aromatic heterocycles. The minimum Gasteiger partial charge on any atom is -0.496 e. The van der Waals surface area contributed by atoms with Gasteiger partial charge in [-0.2, -0.15) is 15.8 Å². The Kier molecular flexibility index (Phi) is 8.79. The van der Waals surface area contributed by atoms with Crippen LogP contribution >= 0.6 is 11.3 Å². The predicted octanol–water partition coefficient (Wildman–Crippen LogP) is 5.78. The van der Waals surface area contributed by atoms with Crippen LogP contribution in [0.15, 0.2) is 52.8 Å². The molecule has 0 saturated carbocycles. The number of thiophene rings is 1. The number of aliphatic hydroxyl groups is 1. The van der Waals surface area contributed by atoms with Crippen LogP contribution in [0, 0.1) is 34.0 Å². The number of hydrogen-bond donors (Lipinski definition) is 1. The summed E-state index contributed by atoms with van der Waals surface area (Å²) in [5, 5.41) is 37.5. The summed E-state index contributed by atoms with van der Waals surface area (Å²) < 4.78 is 11.5. The zero-order chi connectivity index (χ0) is 27.2. The number of likely N-dealkylation sites (N-methyl/N-ethyl adjacent to an activating group) is 1. The van der Waals surface area contributed by atoms with E-state index >= 15 is 0 Å². The third-order valence-electron chi connectivity index (χ3n) is 6.34. The standard InChI is InChI=1S/C29H30N4O3S/c1-19(14-25-24(18-32)28(21(16-30)17-31)36-29(25,2)3)27-11-10-23(37-27)9-7-20-6-8-22(15-26(20)35-5)33(4)12-13-34/h6-11,15,19,34H,12-14H2,1-5H3/b9-7+. The summed E-state index contributed by atoms with van der Waals surface area (Å²) in [5.74, 6) is 0.939. The van der Waals surface area contributed by atoms with E-state index in [1.807, 2.05) is 68.3 Å². The van der Waals surface area contributed by atoms with E-state index in [0.29, 0.717) is 13.0 Å². The molecule has 1 N–H and O–H groups in total. The molecule has 1 unspecified atom stereocenters. The lowest BCUT2D eigenvalue weighted by Crippen LogP contribution is -2.22. The number of methoxy groups -OCH3 is 1. The van der Waals surface area contributed by atoms with Crippen molar-refractivity contribution in [1.29, 1.82) is 15.8 Å². The maximum Gasteiger partial charge on any atom is 0.172 e. The zero-order valence-corrected chi connectivity index (χ0v) is 22.5. The molecule has 0 aliphatic carbocycles. The molecule has 1 aliphatic rings. The fourth-order valence-electron chi connectivity index (χ4n) is 4.23. The van der Waals surface area contributed by atoms with Crippen molar-refractivity contribution in [3.8, 4) is 24.0 Å². The first-order chi connectivity index (χ1) is 17.7.